The monoisotopic (exact) mass is 515 g/mol. The number of aromatic nitrogens is 2. The van der Waals surface area contributed by atoms with Crippen molar-refractivity contribution < 1.29 is 27.4 Å². The molecule has 0 bridgehead atoms. The molecule has 1 aromatic heterocycles. The molecule has 2 aliphatic heterocycles. The van der Waals surface area contributed by atoms with Gasteiger partial charge in [-0.05, 0) is 42.8 Å². The second-order valence-corrected chi connectivity index (χ2v) is 9.21. The standard InChI is InChI=1S/C26H28F3N5O3/c1-36-21-7-6-16(11-22(21)37-2)19-12-23(26(27,28)29)34-24(32-19)13-20(33-34)15-4-3-5-17(10-15)25(35)31-18-8-9-30-14-18/h3-7,10-11,13,18-19,23,30,32H,8-9,12,14H2,1-2H3,(H,31,35). The lowest BCUT2D eigenvalue weighted by Crippen LogP contribution is -2.36. The van der Waals surface area contributed by atoms with Gasteiger partial charge in [-0.15, -0.1) is 0 Å². The van der Waals surface area contributed by atoms with Gasteiger partial charge in [-0.3, -0.25) is 4.79 Å². The second-order valence-electron chi connectivity index (χ2n) is 9.21. The first-order chi connectivity index (χ1) is 17.8. The summed E-state index contributed by atoms with van der Waals surface area (Å²) in [4.78, 5) is 12.7. The SMILES string of the molecule is COc1ccc(C2CC(C(F)(F)F)n3nc(-c4cccc(C(=O)NC5CCNC5)c4)cc3N2)cc1OC. The summed E-state index contributed by atoms with van der Waals surface area (Å²) < 4.78 is 54.1. The molecule has 3 aromatic rings. The fourth-order valence-corrected chi connectivity index (χ4v) is 4.87. The molecule has 37 heavy (non-hydrogen) atoms. The predicted molar refractivity (Wildman–Crippen MR) is 132 cm³/mol. The van der Waals surface area contributed by atoms with Gasteiger partial charge in [-0.25, -0.2) is 4.68 Å². The quantitative estimate of drug-likeness (QED) is 0.453. The Balaban J connectivity index is 1.45. The minimum atomic E-state index is -4.51. The van der Waals surface area contributed by atoms with Gasteiger partial charge in [-0.2, -0.15) is 18.3 Å². The molecule has 5 rings (SSSR count). The Labute approximate surface area is 212 Å². The molecule has 0 radical (unpaired) electrons. The number of rotatable bonds is 6. The van der Waals surface area contributed by atoms with Gasteiger partial charge in [0.05, 0.1) is 26.0 Å². The van der Waals surface area contributed by atoms with Crippen molar-refractivity contribution in [1.29, 1.82) is 0 Å². The fraction of sp³-hybridized carbons (Fsp3) is 0.385. The van der Waals surface area contributed by atoms with Gasteiger partial charge in [0, 0.05) is 36.2 Å². The summed E-state index contributed by atoms with van der Waals surface area (Å²) in [5.74, 6) is 0.957. The molecule has 3 N–H and O–H groups in total. The van der Waals surface area contributed by atoms with Crippen LogP contribution in [0, 0.1) is 0 Å². The number of hydrogen-bond donors (Lipinski definition) is 3. The number of carbonyl (C=O) groups is 1. The molecule has 0 spiro atoms. The van der Waals surface area contributed by atoms with Crippen molar-refractivity contribution in [2.45, 2.75) is 37.1 Å². The van der Waals surface area contributed by atoms with Gasteiger partial charge in [0.25, 0.3) is 5.91 Å². The molecule has 3 atom stereocenters. The van der Waals surface area contributed by atoms with Crippen LogP contribution < -0.4 is 25.4 Å². The molecular formula is C26H28F3N5O3. The Bertz CT molecular complexity index is 1290. The number of alkyl halides is 3. The average molecular weight is 516 g/mol. The molecule has 2 aliphatic rings. The Morgan fingerprint density at radius 3 is 2.62 bits per heavy atom. The first-order valence-corrected chi connectivity index (χ1v) is 12.0. The molecule has 1 amide bonds. The molecule has 1 fully saturated rings. The van der Waals surface area contributed by atoms with Crippen LogP contribution in [0.5, 0.6) is 11.5 Å². The number of nitrogens with zero attached hydrogens (tertiary/aromatic N) is 2. The minimum Gasteiger partial charge on any atom is -0.493 e. The van der Waals surface area contributed by atoms with Crippen molar-refractivity contribution in [2.24, 2.45) is 0 Å². The maximum absolute atomic E-state index is 14.2. The van der Waals surface area contributed by atoms with E-state index in [1.165, 1.54) is 14.2 Å². The molecule has 8 nitrogen and oxygen atoms in total. The molecule has 11 heteroatoms. The highest BCUT2D eigenvalue weighted by atomic mass is 19.4. The summed E-state index contributed by atoms with van der Waals surface area (Å²) in [5, 5.41) is 13.7. The number of carbonyl (C=O) groups excluding carboxylic acids is 1. The topological polar surface area (TPSA) is 89.4 Å². The van der Waals surface area contributed by atoms with Crippen molar-refractivity contribution in [1.82, 2.24) is 20.4 Å². The van der Waals surface area contributed by atoms with E-state index < -0.39 is 18.3 Å². The Morgan fingerprint density at radius 1 is 1.11 bits per heavy atom. The number of hydrogen-bond acceptors (Lipinski definition) is 6. The lowest BCUT2D eigenvalue weighted by atomic mass is 9.96. The van der Waals surface area contributed by atoms with Crippen LogP contribution in [0.1, 0.15) is 40.8 Å². The fourth-order valence-electron chi connectivity index (χ4n) is 4.87. The van der Waals surface area contributed by atoms with Gasteiger partial charge < -0.3 is 25.4 Å². The zero-order chi connectivity index (χ0) is 26.2. The van der Waals surface area contributed by atoms with Crippen LogP contribution in [0.4, 0.5) is 19.0 Å². The number of fused-ring (bicyclic) bond motifs is 1. The maximum atomic E-state index is 14.2. The van der Waals surface area contributed by atoms with Crippen molar-refractivity contribution in [3.05, 3.63) is 59.7 Å². The van der Waals surface area contributed by atoms with Crippen LogP contribution in [-0.2, 0) is 0 Å². The molecule has 196 valence electrons. The van der Waals surface area contributed by atoms with Crippen molar-refractivity contribution in [3.8, 4) is 22.8 Å². The minimum absolute atomic E-state index is 0.0568. The Kier molecular flexibility index (Phi) is 6.72. The first-order valence-electron chi connectivity index (χ1n) is 12.0. The maximum Gasteiger partial charge on any atom is 0.410 e. The van der Waals surface area contributed by atoms with Crippen LogP contribution in [0.15, 0.2) is 48.5 Å². The number of halogens is 3. The van der Waals surface area contributed by atoms with E-state index in [1.807, 2.05) is 0 Å². The van der Waals surface area contributed by atoms with Crippen LogP contribution in [-0.4, -0.2) is 55.2 Å². The summed E-state index contributed by atoms with van der Waals surface area (Å²) in [6.07, 6.45) is -3.90. The third-order valence-corrected chi connectivity index (χ3v) is 6.82. The van der Waals surface area contributed by atoms with Gasteiger partial charge in [-0.1, -0.05) is 18.2 Å². The molecule has 3 heterocycles. The van der Waals surface area contributed by atoms with Crippen LogP contribution in [0.2, 0.25) is 0 Å². The Morgan fingerprint density at radius 2 is 1.92 bits per heavy atom. The number of ether oxygens (including phenoxy) is 2. The van der Waals surface area contributed by atoms with E-state index in [9.17, 15) is 18.0 Å². The van der Waals surface area contributed by atoms with E-state index in [1.54, 1.807) is 48.5 Å². The molecule has 3 unspecified atom stereocenters. The highest BCUT2D eigenvalue weighted by Crippen LogP contribution is 2.45. The molecule has 1 saturated heterocycles. The van der Waals surface area contributed by atoms with E-state index in [0.717, 1.165) is 17.6 Å². The van der Waals surface area contributed by atoms with Crippen LogP contribution >= 0.6 is 0 Å². The van der Waals surface area contributed by atoms with Gasteiger partial charge in [0.2, 0.25) is 0 Å². The van der Waals surface area contributed by atoms with Crippen molar-refractivity contribution in [3.63, 3.8) is 0 Å². The smallest absolute Gasteiger partial charge is 0.410 e. The number of nitrogens with one attached hydrogen (secondary N) is 3. The van der Waals surface area contributed by atoms with E-state index >= 15 is 0 Å². The van der Waals surface area contributed by atoms with Crippen molar-refractivity contribution >= 4 is 11.7 Å². The number of methoxy groups -OCH3 is 2. The summed E-state index contributed by atoms with van der Waals surface area (Å²) in [6, 6.07) is 11.0. The van der Waals surface area contributed by atoms with Crippen LogP contribution in [0.3, 0.4) is 0 Å². The second kappa shape index (κ2) is 9.97. The van der Waals surface area contributed by atoms with E-state index in [-0.39, 0.29) is 24.2 Å². The summed E-state index contributed by atoms with van der Waals surface area (Å²) in [6.45, 7) is 1.56. The van der Waals surface area contributed by atoms with Crippen LogP contribution in [0.25, 0.3) is 11.3 Å². The zero-order valence-electron chi connectivity index (χ0n) is 20.4. The number of amides is 1. The third-order valence-electron chi connectivity index (χ3n) is 6.82. The average Bonchev–Trinajstić information content (AvgIpc) is 3.57. The molecular weight excluding hydrogens is 487 g/mol. The zero-order valence-corrected chi connectivity index (χ0v) is 20.4. The van der Waals surface area contributed by atoms with E-state index in [2.05, 4.69) is 21.0 Å². The van der Waals surface area contributed by atoms with Gasteiger partial charge >= 0.3 is 6.18 Å². The normalized spacial score (nSPS) is 21.2. The highest BCUT2D eigenvalue weighted by Gasteiger charge is 2.46. The summed E-state index contributed by atoms with van der Waals surface area (Å²) in [5.41, 5.74) is 1.98. The third kappa shape index (κ3) is 5.08. The number of benzene rings is 2. The number of anilines is 1. The molecule has 2 aromatic carbocycles. The molecule has 0 aliphatic carbocycles. The summed E-state index contributed by atoms with van der Waals surface area (Å²) in [7, 11) is 2.98. The van der Waals surface area contributed by atoms with E-state index in [4.69, 9.17) is 9.47 Å². The van der Waals surface area contributed by atoms with Gasteiger partial charge in [0.15, 0.2) is 17.5 Å². The molecule has 0 saturated carbocycles. The van der Waals surface area contributed by atoms with Crippen molar-refractivity contribution in [2.75, 3.05) is 32.6 Å². The largest absolute Gasteiger partial charge is 0.493 e. The summed E-state index contributed by atoms with van der Waals surface area (Å²) >= 11 is 0. The lowest BCUT2D eigenvalue weighted by molar-refractivity contribution is -0.173. The van der Waals surface area contributed by atoms with Gasteiger partial charge in [0.1, 0.15) is 5.82 Å². The highest BCUT2D eigenvalue weighted by molar-refractivity contribution is 5.95. The predicted octanol–water partition coefficient (Wildman–Crippen LogP) is 4.32. The first kappa shape index (κ1) is 24.9. The van der Waals surface area contributed by atoms with E-state index in [0.29, 0.717) is 40.4 Å². The lowest BCUT2D eigenvalue weighted by Gasteiger charge is -2.33. The Hall–Kier alpha value is -3.73.